The number of hydrogen-bond acceptors (Lipinski definition) is 6. The van der Waals surface area contributed by atoms with E-state index in [9.17, 15) is 0 Å². The molecule has 0 amide bonds. The van der Waals surface area contributed by atoms with Crippen molar-refractivity contribution in [2.75, 3.05) is 38.7 Å². The summed E-state index contributed by atoms with van der Waals surface area (Å²) in [7, 11) is 1.61. The summed E-state index contributed by atoms with van der Waals surface area (Å²) < 4.78 is 11.0. The normalized spacial score (nSPS) is 25.8. The fourth-order valence-electron chi connectivity index (χ4n) is 2.98. The molecule has 0 spiro atoms. The van der Waals surface area contributed by atoms with Gasteiger partial charge in [-0.2, -0.15) is 0 Å². The van der Waals surface area contributed by atoms with E-state index in [1.807, 2.05) is 0 Å². The molecule has 2 saturated heterocycles. The summed E-state index contributed by atoms with van der Waals surface area (Å²) in [6, 6.07) is 2.35. The molecule has 2 fully saturated rings. The van der Waals surface area contributed by atoms with Crippen LogP contribution >= 0.6 is 11.6 Å². The Morgan fingerprint density at radius 1 is 1.52 bits per heavy atom. The van der Waals surface area contributed by atoms with Gasteiger partial charge in [-0.05, 0) is 19.4 Å². The molecule has 0 saturated carbocycles. The molecular weight excluding hydrogens is 292 g/mol. The smallest absolute Gasteiger partial charge is 0.158 e. The molecule has 21 heavy (non-hydrogen) atoms. The van der Waals surface area contributed by atoms with Gasteiger partial charge in [0.1, 0.15) is 17.6 Å². The Bertz CT molecular complexity index is 488. The first-order valence-electron chi connectivity index (χ1n) is 7.36. The minimum absolute atomic E-state index is 0.193. The molecule has 0 aromatic carbocycles. The van der Waals surface area contributed by atoms with Gasteiger partial charge in [-0.25, -0.2) is 9.97 Å². The van der Waals surface area contributed by atoms with Crippen molar-refractivity contribution in [3.05, 3.63) is 17.0 Å². The minimum Gasteiger partial charge on any atom is -0.377 e. The van der Waals surface area contributed by atoms with Crippen molar-refractivity contribution in [1.82, 2.24) is 14.9 Å². The summed E-state index contributed by atoms with van der Waals surface area (Å²) in [6.45, 7) is 4.10. The van der Waals surface area contributed by atoms with Crippen LogP contribution < -0.4 is 5.32 Å². The van der Waals surface area contributed by atoms with Gasteiger partial charge in [0.15, 0.2) is 5.82 Å². The highest BCUT2D eigenvalue weighted by atomic mass is 35.5. The van der Waals surface area contributed by atoms with E-state index in [1.54, 1.807) is 13.2 Å². The lowest BCUT2D eigenvalue weighted by Crippen LogP contribution is -2.48. The van der Waals surface area contributed by atoms with E-state index in [1.165, 1.54) is 19.4 Å². The van der Waals surface area contributed by atoms with Crippen LogP contribution in [0.25, 0.3) is 0 Å². The number of ether oxygens (including phenoxy) is 2. The van der Waals surface area contributed by atoms with Crippen LogP contribution in [0.4, 0.5) is 5.82 Å². The molecule has 1 N–H and O–H groups in total. The van der Waals surface area contributed by atoms with Crippen molar-refractivity contribution in [3.8, 4) is 0 Å². The van der Waals surface area contributed by atoms with Crippen LogP contribution in [0, 0.1) is 0 Å². The molecule has 2 unspecified atom stereocenters. The van der Waals surface area contributed by atoms with E-state index in [0.29, 0.717) is 29.4 Å². The standard InChI is InChI=1S/C14H21ClN4O2/c1-20-9-14-17-12(15)5-13(18-14)16-6-11-7-19-4-2-3-10(19)8-21-11/h5,10-11H,2-4,6-9H2,1H3,(H,16,17,18). The van der Waals surface area contributed by atoms with E-state index in [2.05, 4.69) is 20.2 Å². The summed E-state index contributed by atoms with van der Waals surface area (Å²) in [4.78, 5) is 11.0. The zero-order valence-corrected chi connectivity index (χ0v) is 13.0. The Labute approximate surface area is 129 Å². The zero-order valence-electron chi connectivity index (χ0n) is 12.2. The molecule has 0 radical (unpaired) electrons. The Kier molecular flexibility index (Phi) is 4.90. The molecule has 3 heterocycles. The molecule has 116 valence electrons. The molecule has 0 aliphatic carbocycles. The molecule has 2 atom stereocenters. The lowest BCUT2D eigenvalue weighted by molar-refractivity contribution is -0.0416. The van der Waals surface area contributed by atoms with Gasteiger partial charge in [0, 0.05) is 32.3 Å². The Morgan fingerprint density at radius 3 is 3.29 bits per heavy atom. The third kappa shape index (κ3) is 3.83. The maximum absolute atomic E-state index is 5.99. The zero-order chi connectivity index (χ0) is 14.7. The number of rotatable bonds is 5. The average Bonchev–Trinajstić information content (AvgIpc) is 2.92. The predicted molar refractivity (Wildman–Crippen MR) is 80.6 cm³/mol. The van der Waals surface area contributed by atoms with Gasteiger partial charge < -0.3 is 14.8 Å². The molecule has 1 aromatic heterocycles. The monoisotopic (exact) mass is 312 g/mol. The molecule has 6 nitrogen and oxygen atoms in total. The van der Waals surface area contributed by atoms with Crippen molar-refractivity contribution in [1.29, 1.82) is 0 Å². The number of hydrogen-bond donors (Lipinski definition) is 1. The SMILES string of the molecule is COCc1nc(Cl)cc(NCC2CN3CCCC3CO2)n1. The predicted octanol–water partition coefficient (Wildman–Crippen LogP) is 1.55. The van der Waals surface area contributed by atoms with Crippen LogP contribution in [0.3, 0.4) is 0 Å². The first-order chi connectivity index (χ1) is 10.2. The second kappa shape index (κ2) is 6.87. The first-order valence-corrected chi connectivity index (χ1v) is 7.74. The number of fused-ring (bicyclic) bond motifs is 1. The quantitative estimate of drug-likeness (QED) is 0.833. The van der Waals surface area contributed by atoms with Gasteiger partial charge in [-0.15, -0.1) is 0 Å². The summed E-state index contributed by atoms with van der Waals surface area (Å²) >= 11 is 5.99. The van der Waals surface area contributed by atoms with Crippen molar-refractivity contribution in [2.45, 2.75) is 31.6 Å². The third-order valence-corrected chi connectivity index (χ3v) is 4.18. The van der Waals surface area contributed by atoms with Gasteiger partial charge in [0.05, 0.1) is 12.7 Å². The topological polar surface area (TPSA) is 59.5 Å². The maximum atomic E-state index is 5.99. The number of morpholine rings is 1. The van der Waals surface area contributed by atoms with Crippen molar-refractivity contribution in [2.24, 2.45) is 0 Å². The summed E-state index contributed by atoms with van der Waals surface area (Å²) in [5, 5.41) is 3.71. The van der Waals surface area contributed by atoms with Crippen molar-refractivity contribution >= 4 is 17.4 Å². The van der Waals surface area contributed by atoms with E-state index in [0.717, 1.165) is 19.7 Å². The maximum Gasteiger partial charge on any atom is 0.158 e. The summed E-state index contributed by atoms with van der Waals surface area (Å²) in [6.07, 6.45) is 2.75. The highest BCUT2D eigenvalue weighted by Crippen LogP contribution is 2.22. The number of aromatic nitrogens is 2. The molecule has 3 rings (SSSR count). The fourth-order valence-corrected chi connectivity index (χ4v) is 3.18. The lowest BCUT2D eigenvalue weighted by atomic mass is 10.2. The molecule has 1 aromatic rings. The second-order valence-electron chi connectivity index (χ2n) is 5.55. The summed E-state index contributed by atoms with van der Waals surface area (Å²) in [5.41, 5.74) is 0. The molecule has 0 bridgehead atoms. The largest absolute Gasteiger partial charge is 0.377 e. The highest BCUT2D eigenvalue weighted by Gasteiger charge is 2.31. The Morgan fingerprint density at radius 2 is 2.43 bits per heavy atom. The van der Waals surface area contributed by atoms with Crippen LogP contribution in [-0.4, -0.2) is 60.4 Å². The van der Waals surface area contributed by atoms with Crippen LogP contribution in [0.2, 0.25) is 5.15 Å². The number of nitrogens with zero attached hydrogens (tertiary/aromatic N) is 3. The van der Waals surface area contributed by atoms with Crippen molar-refractivity contribution in [3.63, 3.8) is 0 Å². The number of halogens is 1. The lowest BCUT2D eigenvalue weighted by Gasteiger charge is -2.35. The van der Waals surface area contributed by atoms with E-state index >= 15 is 0 Å². The number of anilines is 1. The van der Waals surface area contributed by atoms with Gasteiger partial charge in [-0.1, -0.05) is 11.6 Å². The van der Waals surface area contributed by atoms with Gasteiger partial charge in [0.25, 0.3) is 0 Å². The Hall–Kier alpha value is -0.950. The average molecular weight is 313 g/mol. The third-order valence-electron chi connectivity index (χ3n) is 3.99. The van der Waals surface area contributed by atoms with Gasteiger partial charge >= 0.3 is 0 Å². The second-order valence-corrected chi connectivity index (χ2v) is 5.94. The van der Waals surface area contributed by atoms with Gasteiger partial charge in [-0.3, -0.25) is 4.90 Å². The molecule has 7 heteroatoms. The van der Waals surface area contributed by atoms with Crippen molar-refractivity contribution < 1.29 is 9.47 Å². The van der Waals surface area contributed by atoms with Gasteiger partial charge in [0.2, 0.25) is 0 Å². The first kappa shape index (κ1) is 15.0. The van der Waals surface area contributed by atoms with E-state index in [4.69, 9.17) is 21.1 Å². The van der Waals surface area contributed by atoms with Crippen LogP contribution in [-0.2, 0) is 16.1 Å². The molecule has 2 aliphatic rings. The highest BCUT2D eigenvalue weighted by molar-refractivity contribution is 6.29. The number of nitrogens with one attached hydrogen (secondary N) is 1. The fraction of sp³-hybridized carbons (Fsp3) is 0.714. The van der Waals surface area contributed by atoms with Crippen LogP contribution in [0.5, 0.6) is 0 Å². The van der Waals surface area contributed by atoms with E-state index < -0.39 is 0 Å². The Balaban J connectivity index is 1.55. The van der Waals surface area contributed by atoms with E-state index in [-0.39, 0.29) is 6.10 Å². The number of methoxy groups -OCH3 is 1. The summed E-state index contributed by atoms with van der Waals surface area (Å²) in [5.74, 6) is 1.30. The molecule has 2 aliphatic heterocycles. The van der Waals surface area contributed by atoms with Crippen LogP contribution in [0.1, 0.15) is 18.7 Å². The van der Waals surface area contributed by atoms with Crippen LogP contribution in [0.15, 0.2) is 6.07 Å². The molecular formula is C14H21ClN4O2. The minimum atomic E-state index is 0.193.